The molecule has 0 unspecified atom stereocenters. The van der Waals surface area contributed by atoms with Crippen molar-refractivity contribution in [1.82, 2.24) is 4.90 Å². The molecule has 4 heteroatoms. The maximum atomic E-state index is 12.2. The van der Waals surface area contributed by atoms with Crippen LogP contribution < -0.4 is 0 Å². The smallest absolute Gasteiger partial charge is 0.293 e. The molecule has 0 aromatic carbocycles. The Bertz CT molecular complexity index is 132. The molecule has 0 saturated carbocycles. The Morgan fingerprint density at radius 1 is 1.45 bits per heavy atom. The average Bonchev–Trinajstić information content (AvgIpc) is 2.31. The van der Waals surface area contributed by atoms with Gasteiger partial charge in [-0.15, -0.1) is 0 Å². The lowest BCUT2D eigenvalue weighted by Crippen LogP contribution is -2.40. The number of alkyl halides is 3. The van der Waals surface area contributed by atoms with Gasteiger partial charge in [0.1, 0.15) is 6.04 Å². The van der Waals surface area contributed by atoms with Crippen LogP contribution in [0.2, 0.25) is 0 Å². The standard InChI is InChI=1S/C7H12F3N/c1-2-11-5-3-4-6(11)7(8,9)10/h6H,2-5H2,1H3/t6-/m1/s1. The molecule has 1 fully saturated rings. The van der Waals surface area contributed by atoms with Gasteiger partial charge in [-0.3, -0.25) is 4.90 Å². The topological polar surface area (TPSA) is 3.24 Å². The van der Waals surface area contributed by atoms with Crippen molar-refractivity contribution < 1.29 is 13.2 Å². The molecule has 0 aliphatic carbocycles. The fourth-order valence-corrected chi connectivity index (χ4v) is 1.58. The fourth-order valence-electron chi connectivity index (χ4n) is 1.58. The quantitative estimate of drug-likeness (QED) is 0.577. The largest absolute Gasteiger partial charge is 0.404 e. The summed E-state index contributed by atoms with van der Waals surface area (Å²) >= 11 is 0. The summed E-state index contributed by atoms with van der Waals surface area (Å²) in [5, 5.41) is 0. The monoisotopic (exact) mass is 167 g/mol. The number of likely N-dealkylation sites (tertiary alicyclic amines) is 1. The van der Waals surface area contributed by atoms with Gasteiger partial charge in [-0.1, -0.05) is 6.92 Å². The number of hydrogen-bond acceptors (Lipinski definition) is 1. The lowest BCUT2D eigenvalue weighted by atomic mass is 10.2. The first-order valence-electron chi connectivity index (χ1n) is 3.86. The molecule has 1 aliphatic heterocycles. The van der Waals surface area contributed by atoms with E-state index in [1.54, 1.807) is 6.92 Å². The molecule has 66 valence electrons. The number of hydrogen-bond donors (Lipinski definition) is 0. The van der Waals surface area contributed by atoms with Crippen LogP contribution in [-0.4, -0.2) is 30.2 Å². The molecule has 0 N–H and O–H groups in total. The van der Waals surface area contributed by atoms with Crippen molar-refractivity contribution in [3.63, 3.8) is 0 Å². The summed E-state index contributed by atoms with van der Waals surface area (Å²) in [7, 11) is 0. The maximum absolute atomic E-state index is 12.2. The van der Waals surface area contributed by atoms with Gasteiger partial charge in [0.15, 0.2) is 0 Å². The van der Waals surface area contributed by atoms with E-state index in [2.05, 4.69) is 0 Å². The van der Waals surface area contributed by atoms with Crippen molar-refractivity contribution in [2.45, 2.75) is 32.0 Å². The number of rotatable bonds is 1. The third-order valence-electron chi connectivity index (χ3n) is 2.15. The molecule has 0 bridgehead atoms. The predicted molar refractivity (Wildman–Crippen MR) is 36.3 cm³/mol. The molecule has 0 radical (unpaired) electrons. The third kappa shape index (κ3) is 1.86. The van der Waals surface area contributed by atoms with Crippen molar-refractivity contribution in [1.29, 1.82) is 0 Å². The lowest BCUT2D eigenvalue weighted by molar-refractivity contribution is -0.175. The zero-order chi connectivity index (χ0) is 8.48. The molecular formula is C7H12F3N. The van der Waals surface area contributed by atoms with Gasteiger partial charge in [0.05, 0.1) is 0 Å². The Kier molecular flexibility index (Phi) is 2.42. The van der Waals surface area contributed by atoms with E-state index < -0.39 is 12.2 Å². The van der Waals surface area contributed by atoms with Gasteiger partial charge < -0.3 is 0 Å². The highest BCUT2D eigenvalue weighted by atomic mass is 19.4. The molecule has 1 rings (SSSR count). The summed E-state index contributed by atoms with van der Waals surface area (Å²) in [5.41, 5.74) is 0. The molecule has 1 heterocycles. The van der Waals surface area contributed by atoms with Crippen LogP contribution in [-0.2, 0) is 0 Å². The first-order valence-corrected chi connectivity index (χ1v) is 3.86. The highest BCUT2D eigenvalue weighted by Gasteiger charge is 2.44. The van der Waals surface area contributed by atoms with Crippen molar-refractivity contribution >= 4 is 0 Å². The van der Waals surface area contributed by atoms with Crippen molar-refractivity contribution in [3.05, 3.63) is 0 Å². The molecule has 1 saturated heterocycles. The molecule has 0 spiro atoms. The van der Waals surface area contributed by atoms with E-state index in [4.69, 9.17) is 0 Å². The third-order valence-corrected chi connectivity index (χ3v) is 2.15. The average molecular weight is 167 g/mol. The lowest BCUT2D eigenvalue weighted by Gasteiger charge is -2.24. The number of nitrogens with zero attached hydrogens (tertiary/aromatic N) is 1. The van der Waals surface area contributed by atoms with Crippen LogP contribution in [0, 0.1) is 0 Å². The molecule has 11 heavy (non-hydrogen) atoms. The first-order chi connectivity index (χ1) is 5.05. The highest BCUT2D eigenvalue weighted by molar-refractivity contribution is 4.83. The van der Waals surface area contributed by atoms with Crippen LogP contribution in [0.15, 0.2) is 0 Å². The fraction of sp³-hybridized carbons (Fsp3) is 1.00. The van der Waals surface area contributed by atoms with E-state index in [0.717, 1.165) is 0 Å². The van der Waals surface area contributed by atoms with Gasteiger partial charge >= 0.3 is 6.18 Å². The second kappa shape index (κ2) is 3.01. The van der Waals surface area contributed by atoms with Crippen LogP contribution >= 0.6 is 0 Å². The molecule has 1 aliphatic rings. The summed E-state index contributed by atoms with van der Waals surface area (Å²) in [5.74, 6) is 0. The molecule has 0 amide bonds. The molecule has 1 nitrogen and oxygen atoms in total. The Morgan fingerprint density at radius 2 is 2.09 bits per heavy atom. The summed E-state index contributed by atoms with van der Waals surface area (Å²) in [4.78, 5) is 1.49. The van der Waals surface area contributed by atoms with E-state index >= 15 is 0 Å². The minimum Gasteiger partial charge on any atom is -0.293 e. The van der Waals surface area contributed by atoms with Crippen molar-refractivity contribution in [2.24, 2.45) is 0 Å². The van der Waals surface area contributed by atoms with Gasteiger partial charge in [0, 0.05) is 0 Å². The van der Waals surface area contributed by atoms with Crippen molar-refractivity contribution in [3.8, 4) is 0 Å². The van der Waals surface area contributed by atoms with Gasteiger partial charge in [0.2, 0.25) is 0 Å². The summed E-state index contributed by atoms with van der Waals surface area (Å²) in [6.07, 6.45) is -3.07. The van der Waals surface area contributed by atoms with E-state index in [0.29, 0.717) is 19.5 Å². The zero-order valence-corrected chi connectivity index (χ0v) is 6.49. The highest BCUT2D eigenvalue weighted by Crippen LogP contribution is 2.31. The van der Waals surface area contributed by atoms with Crippen LogP contribution in [0.4, 0.5) is 13.2 Å². The maximum Gasteiger partial charge on any atom is 0.404 e. The zero-order valence-electron chi connectivity index (χ0n) is 6.49. The van der Waals surface area contributed by atoms with Gasteiger partial charge in [-0.25, -0.2) is 0 Å². The van der Waals surface area contributed by atoms with E-state index in [-0.39, 0.29) is 6.42 Å². The summed E-state index contributed by atoms with van der Waals surface area (Å²) < 4.78 is 36.5. The van der Waals surface area contributed by atoms with Crippen LogP contribution in [0.25, 0.3) is 0 Å². The van der Waals surface area contributed by atoms with E-state index in [9.17, 15) is 13.2 Å². The molecular weight excluding hydrogens is 155 g/mol. The van der Waals surface area contributed by atoms with E-state index in [1.807, 2.05) is 0 Å². The van der Waals surface area contributed by atoms with Crippen molar-refractivity contribution in [2.75, 3.05) is 13.1 Å². The minimum atomic E-state index is -4.02. The minimum absolute atomic E-state index is 0.275. The Hall–Kier alpha value is -0.250. The predicted octanol–water partition coefficient (Wildman–Crippen LogP) is 2.03. The molecule has 0 aromatic rings. The van der Waals surface area contributed by atoms with Crippen LogP contribution in [0.1, 0.15) is 19.8 Å². The Balaban J connectivity index is 2.57. The van der Waals surface area contributed by atoms with Crippen LogP contribution in [0.5, 0.6) is 0 Å². The first kappa shape index (κ1) is 8.84. The van der Waals surface area contributed by atoms with Gasteiger partial charge in [-0.2, -0.15) is 13.2 Å². The Morgan fingerprint density at radius 3 is 2.45 bits per heavy atom. The van der Waals surface area contributed by atoms with Gasteiger partial charge in [-0.05, 0) is 25.9 Å². The number of halogens is 3. The normalized spacial score (nSPS) is 27.8. The Labute approximate surface area is 64.2 Å². The second-order valence-electron chi connectivity index (χ2n) is 2.83. The second-order valence-corrected chi connectivity index (χ2v) is 2.83. The molecule has 1 atom stereocenters. The van der Waals surface area contributed by atoms with E-state index in [1.165, 1.54) is 4.90 Å². The molecule has 0 aromatic heterocycles. The summed E-state index contributed by atoms with van der Waals surface area (Å²) in [6.45, 7) is 2.87. The van der Waals surface area contributed by atoms with Gasteiger partial charge in [0.25, 0.3) is 0 Å². The SMILES string of the molecule is CCN1CCC[C@@H]1C(F)(F)F. The van der Waals surface area contributed by atoms with Crippen LogP contribution in [0.3, 0.4) is 0 Å². The summed E-state index contributed by atoms with van der Waals surface area (Å²) in [6, 6.07) is -1.17.